The molecule has 0 bridgehead atoms. The Labute approximate surface area is 155 Å². The Morgan fingerprint density at radius 2 is 1.88 bits per heavy atom. The van der Waals surface area contributed by atoms with Gasteiger partial charge in [-0.05, 0) is 65.0 Å². The van der Waals surface area contributed by atoms with Gasteiger partial charge in [-0.25, -0.2) is 4.79 Å². The van der Waals surface area contributed by atoms with Gasteiger partial charge in [-0.3, -0.25) is 9.88 Å². The summed E-state index contributed by atoms with van der Waals surface area (Å²) in [5.74, 6) is 0. The van der Waals surface area contributed by atoms with Crippen molar-refractivity contribution < 1.29 is 9.53 Å². The second-order valence-corrected chi connectivity index (χ2v) is 8.25. The number of aryl methyl sites for hydroxylation is 1. The van der Waals surface area contributed by atoms with E-state index in [4.69, 9.17) is 10.5 Å². The monoisotopic (exact) mass is 355 g/mol. The van der Waals surface area contributed by atoms with Crippen LogP contribution in [0.4, 0.5) is 10.5 Å². The molecule has 0 spiro atoms. The maximum absolute atomic E-state index is 13.2. The van der Waals surface area contributed by atoms with Crippen LogP contribution in [-0.2, 0) is 4.74 Å². The summed E-state index contributed by atoms with van der Waals surface area (Å²) >= 11 is 0. The number of benzene rings is 1. The van der Waals surface area contributed by atoms with Crippen LogP contribution >= 0.6 is 0 Å². The summed E-state index contributed by atoms with van der Waals surface area (Å²) in [5, 5.41) is 2.09. The molecule has 5 heteroatoms. The zero-order valence-corrected chi connectivity index (χ0v) is 16.2. The average molecular weight is 355 g/mol. The van der Waals surface area contributed by atoms with Crippen molar-refractivity contribution in [2.45, 2.75) is 71.1 Å². The predicted octanol–water partition coefficient (Wildman–Crippen LogP) is 4.55. The first-order valence-electron chi connectivity index (χ1n) is 9.37. The van der Waals surface area contributed by atoms with Gasteiger partial charge in [-0.2, -0.15) is 0 Å². The molecule has 0 atom stereocenters. The van der Waals surface area contributed by atoms with Gasteiger partial charge in [-0.15, -0.1) is 0 Å². The Morgan fingerprint density at radius 3 is 2.54 bits per heavy atom. The van der Waals surface area contributed by atoms with Crippen molar-refractivity contribution in [3.8, 4) is 0 Å². The zero-order valence-electron chi connectivity index (χ0n) is 16.2. The molecule has 0 aliphatic heterocycles. The van der Waals surface area contributed by atoms with Gasteiger partial charge < -0.3 is 10.5 Å². The molecule has 140 valence electrons. The van der Waals surface area contributed by atoms with E-state index < -0.39 is 5.60 Å². The van der Waals surface area contributed by atoms with E-state index >= 15 is 0 Å². The molecule has 1 aromatic heterocycles. The number of hydrogen-bond acceptors (Lipinski definition) is 4. The molecule has 0 radical (unpaired) electrons. The van der Waals surface area contributed by atoms with Gasteiger partial charge in [0.2, 0.25) is 0 Å². The lowest BCUT2D eigenvalue weighted by Crippen LogP contribution is -2.46. The van der Waals surface area contributed by atoms with Gasteiger partial charge in [0.1, 0.15) is 5.60 Å². The van der Waals surface area contributed by atoms with E-state index in [-0.39, 0.29) is 18.2 Å². The molecule has 1 fully saturated rings. The number of nitrogens with zero attached hydrogens (tertiary/aromatic N) is 2. The Balaban J connectivity index is 2.07. The van der Waals surface area contributed by atoms with Crippen molar-refractivity contribution in [1.82, 2.24) is 4.98 Å². The molecule has 1 aromatic carbocycles. The number of fused-ring (bicyclic) bond motifs is 1. The number of carbonyl (C=O) groups excluding carboxylic acids is 1. The van der Waals surface area contributed by atoms with Crippen molar-refractivity contribution in [1.29, 1.82) is 0 Å². The molecule has 0 saturated heterocycles. The number of nitrogens with two attached hydrogens (primary N) is 1. The van der Waals surface area contributed by atoms with Gasteiger partial charge >= 0.3 is 6.09 Å². The average Bonchev–Trinajstić information content (AvgIpc) is 2.55. The second-order valence-electron chi connectivity index (χ2n) is 8.25. The van der Waals surface area contributed by atoms with Crippen LogP contribution < -0.4 is 10.6 Å². The van der Waals surface area contributed by atoms with Crippen molar-refractivity contribution in [2.75, 3.05) is 4.90 Å². The fourth-order valence-corrected chi connectivity index (χ4v) is 3.70. The van der Waals surface area contributed by atoms with Crippen LogP contribution in [0.2, 0.25) is 0 Å². The molecular formula is C21H29N3O2. The highest BCUT2D eigenvalue weighted by Gasteiger charge is 2.33. The van der Waals surface area contributed by atoms with Crippen LogP contribution in [0.1, 0.15) is 52.0 Å². The Kier molecular flexibility index (Phi) is 5.19. The first-order chi connectivity index (χ1) is 12.3. The van der Waals surface area contributed by atoms with Crippen LogP contribution in [-0.4, -0.2) is 28.8 Å². The number of hydrogen-bond donors (Lipinski definition) is 1. The summed E-state index contributed by atoms with van der Waals surface area (Å²) < 4.78 is 5.76. The predicted molar refractivity (Wildman–Crippen MR) is 105 cm³/mol. The van der Waals surface area contributed by atoms with Gasteiger partial charge in [0.05, 0.1) is 5.69 Å². The summed E-state index contributed by atoms with van der Waals surface area (Å²) in [7, 11) is 0. The Hall–Kier alpha value is -2.14. The fourth-order valence-electron chi connectivity index (χ4n) is 3.70. The van der Waals surface area contributed by atoms with Crippen LogP contribution in [0.5, 0.6) is 0 Å². The number of ether oxygens (including phenoxy) is 1. The lowest BCUT2D eigenvalue weighted by atomic mass is 9.90. The van der Waals surface area contributed by atoms with Crippen LogP contribution in [0, 0.1) is 6.92 Å². The minimum Gasteiger partial charge on any atom is -0.443 e. The molecule has 1 aliphatic carbocycles. The van der Waals surface area contributed by atoms with E-state index in [1.807, 2.05) is 63.2 Å². The standard InChI is InChI=1S/C21H29N3O2/c1-14-12-23-13-15-6-5-7-18(19(14)15)24(20(25)26-21(2,3)4)17-10-8-16(22)9-11-17/h5-7,12-13,16-17H,8-11,22H2,1-4H3/t16-,17+. The summed E-state index contributed by atoms with van der Waals surface area (Å²) in [6.07, 6.45) is 7.03. The molecule has 1 aliphatic rings. The van der Waals surface area contributed by atoms with E-state index in [0.29, 0.717) is 0 Å². The van der Waals surface area contributed by atoms with Gasteiger partial charge in [0.25, 0.3) is 0 Å². The van der Waals surface area contributed by atoms with E-state index in [1.54, 1.807) is 0 Å². The molecule has 0 unspecified atom stereocenters. The lowest BCUT2D eigenvalue weighted by Gasteiger charge is -2.37. The van der Waals surface area contributed by atoms with E-state index in [0.717, 1.165) is 47.7 Å². The number of aromatic nitrogens is 1. The summed E-state index contributed by atoms with van der Waals surface area (Å²) in [6, 6.07) is 6.34. The van der Waals surface area contributed by atoms with Crippen LogP contribution in [0.3, 0.4) is 0 Å². The number of carbonyl (C=O) groups is 1. The quantitative estimate of drug-likeness (QED) is 0.858. The van der Waals surface area contributed by atoms with Gasteiger partial charge in [0, 0.05) is 35.2 Å². The highest BCUT2D eigenvalue weighted by Crippen LogP contribution is 2.35. The van der Waals surface area contributed by atoms with E-state index in [2.05, 4.69) is 4.98 Å². The van der Waals surface area contributed by atoms with Crippen LogP contribution in [0.25, 0.3) is 10.8 Å². The minimum atomic E-state index is -0.540. The molecule has 1 amide bonds. The van der Waals surface area contributed by atoms with Crippen molar-refractivity contribution in [2.24, 2.45) is 5.73 Å². The second kappa shape index (κ2) is 7.23. The zero-order chi connectivity index (χ0) is 18.9. The first kappa shape index (κ1) is 18.6. The SMILES string of the molecule is Cc1cncc2cccc(N(C(=O)OC(C)(C)C)[C@H]3CC[C@@H](N)CC3)c12. The first-order valence-corrected chi connectivity index (χ1v) is 9.37. The van der Waals surface area contributed by atoms with Gasteiger partial charge in [0.15, 0.2) is 0 Å². The minimum absolute atomic E-state index is 0.0998. The number of pyridine rings is 1. The van der Waals surface area contributed by atoms with Crippen molar-refractivity contribution >= 4 is 22.6 Å². The van der Waals surface area contributed by atoms with Gasteiger partial charge in [-0.1, -0.05) is 12.1 Å². The highest BCUT2D eigenvalue weighted by atomic mass is 16.6. The maximum atomic E-state index is 13.2. The fraction of sp³-hybridized carbons (Fsp3) is 0.524. The Morgan fingerprint density at radius 1 is 1.19 bits per heavy atom. The third kappa shape index (κ3) is 3.98. The third-order valence-electron chi connectivity index (χ3n) is 4.91. The maximum Gasteiger partial charge on any atom is 0.415 e. The largest absolute Gasteiger partial charge is 0.443 e. The van der Waals surface area contributed by atoms with Crippen LogP contribution in [0.15, 0.2) is 30.6 Å². The van der Waals surface area contributed by atoms with Crippen molar-refractivity contribution in [3.05, 3.63) is 36.2 Å². The highest BCUT2D eigenvalue weighted by molar-refractivity contribution is 6.03. The summed E-state index contributed by atoms with van der Waals surface area (Å²) in [5.41, 5.74) is 7.50. The van der Waals surface area contributed by atoms with E-state index in [1.165, 1.54) is 0 Å². The summed E-state index contributed by atoms with van der Waals surface area (Å²) in [4.78, 5) is 19.3. The smallest absolute Gasteiger partial charge is 0.415 e. The molecule has 1 heterocycles. The molecule has 26 heavy (non-hydrogen) atoms. The molecule has 3 rings (SSSR count). The number of anilines is 1. The molecule has 5 nitrogen and oxygen atoms in total. The lowest BCUT2D eigenvalue weighted by molar-refractivity contribution is 0.0557. The topological polar surface area (TPSA) is 68.5 Å². The Bertz CT molecular complexity index is 784. The molecular weight excluding hydrogens is 326 g/mol. The molecule has 2 N–H and O–H groups in total. The summed E-state index contributed by atoms with van der Waals surface area (Å²) in [6.45, 7) is 7.73. The third-order valence-corrected chi connectivity index (χ3v) is 4.91. The van der Waals surface area contributed by atoms with E-state index in [9.17, 15) is 4.79 Å². The molecule has 1 saturated carbocycles. The van der Waals surface area contributed by atoms with Crippen molar-refractivity contribution in [3.63, 3.8) is 0 Å². The number of rotatable bonds is 2. The normalized spacial score (nSPS) is 20.8. The number of amides is 1. The molecule has 2 aromatic rings.